The molecule has 1 aromatic heterocycles. The topological polar surface area (TPSA) is 48.1 Å². The molecule has 2 N–H and O–H groups in total. The largest absolute Gasteiger partial charge is 0.470 e. The normalized spacial score (nSPS) is 11.4. The van der Waals surface area contributed by atoms with Gasteiger partial charge in [0.1, 0.15) is 5.60 Å². The van der Waals surface area contributed by atoms with E-state index in [0.29, 0.717) is 11.6 Å². The number of nitrogen functional groups attached to an aromatic ring is 1. The summed E-state index contributed by atoms with van der Waals surface area (Å²) in [7, 11) is 0. The van der Waals surface area contributed by atoms with E-state index >= 15 is 0 Å². The van der Waals surface area contributed by atoms with Crippen LogP contribution < -0.4 is 10.5 Å². The van der Waals surface area contributed by atoms with Gasteiger partial charge < -0.3 is 10.5 Å². The molecule has 0 bridgehead atoms. The van der Waals surface area contributed by atoms with Crippen LogP contribution in [0.5, 0.6) is 5.88 Å². The Balaban J connectivity index is 2.90. The van der Waals surface area contributed by atoms with Crippen molar-refractivity contribution in [2.45, 2.75) is 26.4 Å². The van der Waals surface area contributed by atoms with Crippen LogP contribution in [0.2, 0.25) is 0 Å². The molecule has 0 amide bonds. The van der Waals surface area contributed by atoms with Crippen LogP contribution in [0.3, 0.4) is 0 Å². The Morgan fingerprint density at radius 1 is 1.46 bits per heavy atom. The molecule has 0 aliphatic carbocycles. The van der Waals surface area contributed by atoms with Gasteiger partial charge in [-0.1, -0.05) is 0 Å². The predicted molar refractivity (Wildman–Crippen MR) is 56.7 cm³/mol. The first-order valence-electron chi connectivity index (χ1n) is 3.98. The molecular weight excluding hydrogens is 232 g/mol. The van der Waals surface area contributed by atoms with E-state index < -0.39 is 0 Å². The van der Waals surface area contributed by atoms with E-state index in [1.54, 1.807) is 12.3 Å². The zero-order valence-corrected chi connectivity index (χ0v) is 9.55. The summed E-state index contributed by atoms with van der Waals surface area (Å²) >= 11 is 3.28. The number of ether oxygens (including phenoxy) is 1. The second-order valence-corrected chi connectivity index (χ2v) is 4.68. The Hall–Kier alpha value is -0.770. The van der Waals surface area contributed by atoms with Crippen molar-refractivity contribution in [3.05, 3.63) is 16.7 Å². The highest BCUT2D eigenvalue weighted by Gasteiger charge is 2.14. The zero-order valence-electron chi connectivity index (χ0n) is 7.97. The summed E-state index contributed by atoms with van der Waals surface area (Å²) < 4.78 is 6.38. The van der Waals surface area contributed by atoms with Crippen LogP contribution in [0.15, 0.2) is 16.7 Å². The van der Waals surface area contributed by atoms with Crippen LogP contribution in [0.25, 0.3) is 0 Å². The van der Waals surface area contributed by atoms with Crippen molar-refractivity contribution in [1.29, 1.82) is 0 Å². The fraction of sp³-hybridized carbons (Fsp3) is 0.444. The van der Waals surface area contributed by atoms with Crippen molar-refractivity contribution in [2.75, 3.05) is 5.73 Å². The fourth-order valence-corrected chi connectivity index (χ4v) is 1.17. The monoisotopic (exact) mass is 244 g/mol. The van der Waals surface area contributed by atoms with Crippen LogP contribution in [0.1, 0.15) is 20.8 Å². The van der Waals surface area contributed by atoms with Crippen LogP contribution in [-0.4, -0.2) is 10.6 Å². The Morgan fingerprint density at radius 2 is 2.08 bits per heavy atom. The van der Waals surface area contributed by atoms with Crippen LogP contribution in [0.4, 0.5) is 5.69 Å². The highest BCUT2D eigenvalue weighted by atomic mass is 79.9. The maximum absolute atomic E-state index is 5.71. The molecule has 0 spiro atoms. The smallest absolute Gasteiger partial charge is 0.237 e. The van der Waals surface area contributed by atoms with E-state index in [4.69, 9.17) is 10.5 Å². The van der Waals surface area contributed by atoms with Gasteiger partial charge in [0.15, 0.2) is 0 Å². The highest BCUT2D eigenvalue weighted by Crippen LogP contribution is 2.25. The summed E-state index contributed by atoms with van der Waals surface area (Å²) in [5, 5.41) is 0. The van der Waals surface area contributed by atoms with E-state index in [-0.39, 0.29) is 5.60 Å². The lowest BCUT2D eigenvalue weighted by Crippen LogP contribution is -2.24. The Bertz CT molecular complexity index is 307. The molecule has 0 aliphatic heterocycles. The summed E-state index contributed by atoms with van der Waals surface area (Å²) in [5.41, 5.74) is 5.99. The average Bonchev–Trinajstić information content (AvgIpc) is 1.93. The third kappa shape index (κ3) is 3.22. The lowest BCUT2D eigenvalue weighted by atomic mass is 10.2. The lowest BCUT2D eigenvalue weighted by Gasteiger charge is -2.21. The molecule has 0 unspecified atom stereocenters. The molecule has 13 heavy (non-hydrogen) atoms. The Kier molecular flexibility index (Phi) is 2.81. The maximum Gasteiger partial charge on any atom is 0.237 e. The second-order valence-electron chi connectivity index (χ2n) is 3.76. The summed E-state index contributed by atoms with van der Waals surface area (Å²) in [4.78, 5) is 4.07. The van der Waals surface area contributed by atoms with Gasteiger partial charge in [-0.25, -0.2) is 4.98 Å². The minimum absolute atomic E-state index is 0.269. The van der Waals surface area contributed by atoms with Gasteiger partial charge in [0, 0.05) is 10.7 Å². The van der Waals surface area contributed by atoms with Crippen LogP contribution >= 0.6 is 15.9 Å². The highest BCUT2D eigenvalue weighted by molar-refractivity contribution is 9.10. The summed E-state index contributed by atoms with van der Waals surface area (Å²) in [6.45, 7) is 5.86. The van der Waals surface area contributed by atoms with E-state index in [9.17, 15) is 0 Å². The minimum Gasteiger partial charge on any atom is -0.470 e. The number of nitrogens with two attached hydrogens (primary N) is 1. The van der Waals surface area contributed by atoms with E-state index in [1.165, 1.54) is 0 Å². The van der Waals surface area contributed by atoms with Gasteiger partial charge in [-0.05, 0) is 42.8 Å². The number of halogens is 1. The van der Waals surface area contributed by atoms with Gasteiger partial charge in [0.2, 0.25) is 5.88 Å². The number of aromatic nitrogens is 1. The molecule has 1 heterocycles. The standard InChI is InChI=1S/C9H13BrN2O/c1-9(2,3)13-8-7(11)4-6(10)5-12-8/h4-5H,11H2,1-3H3. The molecule has 4 heteroatoms. The van der Waals surface area contributed by atoms with Gasteiger partial charge in [-0.15, -0.1) is 0 Å². The zero-order chi connectivity index (χ0) is 10.1. The molecule has 0 saturated heterocycles. The summed E-state index contributed by atoms with van der Waals surface area (Å²) in [5.74, 6) is 0.482. The first kappa shape index (κ1) is 10.3. The molecular formula is C9H13BrN2O. The van der Waals surface area contributed by atoms with E-state index in [2.05, 4.69) is 20.9 Å². The second kappa shape index (κ2) is 3.54. The molecule has 0 atom stereocenters. The van der Waals surface area contributed by atoms with Crippen molar-refractivity contribution in [1.82, 2.24) is 4.98 Å². The number of nitrogens with zero attached hydrogens (tertiary/aromatic N) is 1. The van der Waals surface area contributed by atoms with Gasteiger partial charge in [0.05, 0.1) is 5.69 Å². The fourth-order valence-electron chi connectivity index (χ4n) is 0.818. The third-order valence-electron chi connectivity index (χ3n) is 1.25. The molecule has 0 aliphatic rings. The van der Waals surface area contributed by atoms with Crippen LogP contribution in [0, 0.1) is 0 Å². The molecule has 1 aromatic rings. The van der Waals surface area contributed by atoms with Gasteiger partial charge in [-0.3, -0.25) is 0 Å². The van der Waals surface area contributed by atoms with Crippen LogP contribution in [-0.2, 0) is 0 Å². The molecule has 0 saturated carbocycles. The third-order valence-corrected chi connectivity index (χ3v) is 1.68. The molecule has 1 rings (SSSR count). The Morgan fingerprint density at radius 3 is 2.54 bits per heavy atom. The number of hydrogen-bond donors (Lipinski definition) is 1. The van der Waals surface area contributed by atoms with E-state index in [0.717, 1.165) is 4.47 Å². The lowest BCUT2D eigenvalue weighted by molar-refractivity contribution is 0.125. The van der Waals surface area contributed by atoms with Crippen molar-refractivity contribution in [3.63, 3.8) is 0 Å². The molecule has 0 radical (unpaired) electrons. The van der Waals surface area contributed by atoms with Crippen molar-refractivity contribution < 1.29 is 4.74 Å². The number of hydrogen-bond acceptors (Lipinski definition) is 3. The van der Waals surface area contributed by atoms with Gasteiger partial charge in [0.25, 0.3) is 0 Å². The van der Waals surface area contributed by atoms with Gasteiger partial charge in [-0.2, -0.15) is 0 Å². The number of anilines is 1. The molecule has 0 aromatic carbocycles. The number of rotatable bonds is 1. The number of pyridine rings is 1. The quantitative estimate of drug-likeness (QED) is 0.827. The predicted octanol–water partition coefficient (Wildman–Crippen LogP) is 2.60. The van der Waals surface area contributed by atoms with Crippen molar-refractivity contribution >= 4 is 21.6 Å². The molecule has 72 valence electrons. The minimum atomic E-state index is -0.269. The SMILES string of the molecule is CC(C)(C)Oc1ncc(Br)cc1N. The van der Waals surface area contributed by atoms with Crippen molar-refractivity contribution in [3.8, 4) is 5.88 Å². The first-order valence-corrected chi connectivity index (χ1v) is 4.78. The van der Waals surface area contributed by atoms with Gasteiger partial charge >= 0.3 is 0 Å². The average molecular weight is 245 g/mol. The maximum atomic E-state index is 5.71. The summed E-state index contributed by atoms with van der Waals surface area (Å²) in [6, 6.07) is 1.77. The van der Waals surface area contributed by atoms with E-state index in [1.807, 2.05) is 20.8 Å². The van der Waals surface area contributed by atoms with Crippen molar-refractivity contribution in [2.24, 2.45) is 0 Å². The molecule has 3 nitrogen and oxygen atoms in total. The molecule has 0 fully saturated rings. The first-order chi connectivity index (χ1) is 5.88. The Labute approximate surface area is 86.4 Å². The summed E-state index contributed by atoms with van der Waals surface area (Å²) in [6.07, 6.45) is 1.66.